The van der Waals surface area contributed by atoms with Crippen LogP contribution in [0.3, 0.4) is 0 Å². The molecule has 4 rings (SSSR count). The maximum atomic E-state index is 5.97. The molecule has 5 heteroatoms. The number of hydrogen-bond acceptors (Lipinski definition) is 5. The summed E-state index contributed by atoms with van der Waals surface area (Å²) in [4.78, 5) is 11.1. The molecule has 1 aromatic heterocycles. The molecule has 1 atom stereocenters. The standard InChI is InChI=1S/C18H22N4O/c1-12(19)13-4-6-16(7-5-13)23-17-10-22(11-17)18-20-8-15(9-21-18)14-2-3-14/h4-9,12,14,17H,2-3,10-11,19H2,1H3/t12-/m0/s1. The van der Waals surface area contributed by atoms with E-state index >= 15 is 0 Å². The van der Waals surface area contributed by atoms with Gasteiger partial charge in [-0.2, -0.15) is 0 Å². The van der Waals surface area contributed by atoms with Crippen molar-refractivity contribution >= 4 is 5.95 Å². The highest BCUT2D eigenvalue weighted by molar-refractivity contribution is 5.37. The second kappa shape index (κ2) is 5.81. The Morgan fingerprint density at radius 3 is 2.35 bits per heavy atom. The van der Waals surface area contributed by atoms with Crippen molar-refractivity contribution in [1.29, 1.82) is 0 Å². The molecule has 2 heterocycles. The number of nitrogens with zero attached hydrogens (tertiary/aromatic N) is 3. The Hall–Kier alpha value is -2.14. The van der Waals surface area contributed by atoms with Gasteiger partial charge < -0.3 is 15.4 Å². The molecule has 1 aliphatic heterocycles. The zero-order chi connectivity index (χ0) is 15.8. The Labute approximate surface area is 136 Å². The number of rotatable bonds is 5. The third kappa shape index (κ3) is 3.15. The molecule has 2 fully saturated rings. The van der Waals surface area contributed by atoms with Crippen LogP contribution in [0.1, 0.15) is 42.9 Å². The molecule has 2 aromatic rings. The molecule has 0 spiro atoms. The maximum Gasteiger partial charge on any atom is 0.225 e. The lowest BCUT2D eigenvalue weighted by atomic mass is 10.1. The normalized spacial score (nSPS) is 19.3. The van der Waals surface area contributed by atoms with Gasteiger partial charge in [0.1, 0.15) is 11.9 Å². The van der Waals surface area contributed by atoms with E-state index in [0.717, 1.165) is 30.4 Å². The Balaban J connectivity index is 1.30. The van der Waals surface area contributed by atoms with Gasteiger partial charge in [-0.1, -0.05) is 12.1 Å². The molecule has 2 N–H and O–H groups in total. The fourth-order valence-electron chi connectivity index (χ4n) is 2.84. The molecular weight excluding hydrogens is 288 g/mol. The maximum absolute atomic E-state index is 5.97. The largest absolute Gasteiger partial charge is 0.487 e. The quantitative estimate of drug-likeness (QED) is 0.920. The highest BCUT2D eigenvalue weighted by atomic mass is 16.5. The number of hydrogen-bond donors (Lipinski definition) is 1. The average Bonchev–Trinajstić information content (AvgIpc) is 3.36. The first kappa shape index (κ1) is 14.5. The van der Waals surface area contributed by atoms with Crippen LogP contribution in [-0.4, -0.2) is 29.2 Å². The highest BCUT2D eigenvalue weighted by Crippen LogP contribution is 2.39. The van der Waals surface area contributed by atoms with Gasteiger partial charge in [0.05, 0.1) is 13.1 Å². The molecule has 23 heavy (non-hydrogen) atoms. The predicted molar refractivity (Wildman–Crippen MR) is 89.7 cm³/mol. The second-order valence-electron chi connectivity index (χ2n) is 6.59. The Morgan fingerprint density at radius 2 is 1.78 bits per heavy atom. The summed E-state index contributed by atoms with van der Waals surface area (Å²) in [7, 11) is 0. The summed E-state index contributed by atoms with van der Waals surface area (Å²) in [6, 6.07) is 8.08. The lowest BCUT2D eigenvalue weighted by Gasteiger charge is -2.38. The topological polar surface area (TPSA) is 64.3 Å². The molecule has 0 radical (unpaired) electrons. The van der Waals surface area contributed by atoms with E-state index in [1.165, 1.54) is 18.4 Å². The minimum absolute atomic E-state index is 0.0546. The summed E-state index contributed by atoms with van der Waals surface area (Å²) in [5, 5.41) is 0. The van der Waals surface area contributed by atoms with Crippen LogP contribution < -0.4 is 15.4 Å². The summed E-state index contributed by atoms with van der Waals surface area (Å²) < 4.78 is 5.97. The fourth-order valence-corrected chi connectivity index (χ4v) is 2.84. The van der Waals surface area contributed by atoms with Gasteiger partial charge in [-0.05, 0) is 48.9 Å². The van der Waals surface area contributed by atoms with Crippen LogP contribution in [0.15, 0.2) is 36.7 Å². The minimum atomic E-state index is 0.0546. The first-order chi connectivity index (χ1) is 11.2. The minimum Gasteiger partial charge on any atom is -0.487 e. The van der Waals surface area contributed by atoms with E-state index in [1.807, 2.05) is 43.6 Å². The molecular formula is C18H22N4O. The van der Waals surface area contributed by atoms with Crippen LogP contribution >= 0.6 is 0 Å². The summed E-state index contributed by atoms with van der Waals surface area (Å²) >= 11 is 0. The number of benzene rings is 1. The van der Waals surface area contributed by atoms with Crippen molar-refractivity contribution in [2.45, 2.75) is 37.8 Å². The molecule has 1 aliphatic carbocycles. The molecule has 120 valence electrons. The van der Waals surface area contributed by atoms with E-state index in [0.29, 0.717) is 5.92 Å². The zero-order valence-corrected chi connectivity index (χ0v) is 13.4. The molecule has 0 bridgehead atoms. The van der Waals surface area contributed by atoms with E-state index in [1.54, 1.807) is 0 Å². The number of nitrogens with two attached hydrogens (primary N) is 1. The van der Waals surface area contributed by atoms with E-state index in [4.69, 9.17) is 10.5 Å². The third-order valence-corrected chi connectivity index (χ3v) is 4.55. The predicted octanol–water partition coefficient (Wildman–Crippen LogP) is 2.64. The lowest BCUT2D eigenvalue weighted by molar-refractivity contribution is 0.166. The SMILES string of the molecule is C[C@H](N)c1ccc(OC2CN(c3ncc(C4CC4)cn3)C2)cc1. The smallest absolute Gasteiger partial charge is 0.225 e. The molecule has 5 nitrogen and oxygen atoms in total. The summed E-state index contributed by atoms with van der Waals surface area (Å²) in [5.74, 6) is 2.40. The third-order valence-electron chi connectivity index (χ3n) is 4.55. The monoisotopic (exact) mass is 310 g/mol. The van der Waals surface area contributed by atoms with Gasteiger partial charge in [0, 0.05) is 18.4 Å². The van der Waals surface area contributed by atoms with Crippen LogP contribution in [0.5, 0.6) is 5.75 Å². The van der Waals surface area contributed by atoms with Gasteiger partial charge in [-0.3, -0.25) is 0 Å². The van der Waals surface area contributed by atoms with Gasteiger partial charge in [-0.25, -0.2) is 9.97 Å². The zero-order valence-electron chi connectivity index (χ0n) is 13.4. The van der Waals surface area contributed by atoms with Crippen LogP contribution in [-0.2, 0) is 0 Å². The van der Waals surface area contributed by atoms with Crippen molar-refractivity contribution in [2.75, 3.05) is 18.0 Å². The van der Waals surface area contributed by atoms with Gasteiger partial charge in [-0.15, -0.1) is 0 Å². The fraction of sp³-hybridized carbons (Fsp3) is 0.444. The summed E-state index contributed by atoms with van der Waals surface area (Å²) in [6.45, 7) is 3.64. The Bertz CT molecular complexity index is 658. The van der Waals surface area contributed by atoms with Crippen molar-refractivity contribution in [3.8, 4) is 5.75 Å². The van der Waals surface area contributed by atoms with Crippen molar-refractivity contribution in [3.05, 3.63) is 47.8 Å². The van der Waals surface area contributed by atoms with Crippen molar-refractivity contribution < 1.29 is 4.74 Å². The second-order valence-corrected chi connectivity index (χ2v) is 6.59. The molecule has 2 aliphatic rings. The van der Waals surface area contributed by atoms with E-state index in [-0.39, 0.29) is 12.1 Å². The summed E-state index contributed by atoms with van der Waals surface area (Å²) in [6.07, 6.45) is 6.71. The molecule has 1 saturated heterocycles. The van der Waals surface area contributed by atoms with Gasteiger partial charge in [0.15, 0.2) is 0 Å². The molecule has 0 unspecified atom stereocenters. The molecule has 1 aromatic carbocycles. The van der Waals surface area contributed by atoms with E-state index in [9.17, 15) is 0 Å². The van der Waals surface area contributed by atoms with Crippen molar-refractivity contribution in [1.82, 2.24) is 9.97 Å². The van der Waals surface area contributed by atoms with Crippen molar-refractivity contribution in [3.63, 3.8) is 0 Å². The first-order valence-electron chi connectivity index (χ1n) is 8.28. The molecule has 0 amide bonds. The lowest BCUT2D eigenvalue weighted by Crippen LogP contribution is -2.54. The first-order valence-corrected chi connectivity index (χ1v) is 8.28. The van der Waals surface area contributed by atoms with Crippen LogP contribution in [0.2, 0.25) is 0 Å². The van der Waals surface area contributed by atoms with E-state index < -0.39 is 0 Å². The molecule has 1 saturated carbocycles. The van der Waals surface area contributed by atoms with Crippen LogP contribution in [0.25, 0.3) is 0 Å². The Kier molecular flexibility index (Phi) is 3.65. The van der Waals surface area contributed by atoms with Gasteiger partial charge in [0.2, 0.25) is 5.95 Å². The van der Waals surface area contributed by atoms with Gasteiger partial charge >= 0.3 is 0 Å². The average molecular weight is 310 g/mol. The number of aromatic nitrogens is 2. The Morgan fingerprint density at radius 1 is 1.13 bits per heavy atom. The van der Waals surface area contributed by atoms with Crippen molar-refractivity contribution in [2.24, 2.45) is 5.73 Å². The number of ether oxygens (including phenoxy) is 1. The van der Waals surface area contributed by atoms with Gasteiger partial charge in [0.25, 0.3) is 0 Å². The van der Waals surface area contributed by atoms with E-state index in [2.05, 4.69) is 14.9 Å². The summed E-state index contributed by atoms with van der Waals surface area (Å²) in [5.41, 5.74) is 8.25. The van der Waals surface area contributed by atoms with Crippen LogP contribution in [0, 0.1) is 0 Å². The highest BCUT2D eigenvalue weighted by Gasteiger charge is 2.31. The van der Waals surface area contributed by atoms with Crippen LogP contribution in [0.4, 0.5) is 5.95 Å². The number of anilines is 1.